The zero-order valence-electron chi connectivity index (χ0n) is 6.90. The first-order chi connectivity index (χ1) is 5.74. The Kier molecular flexibility index (Phi) is 4.09. The highest BCUT2D eigenvalue weighted by Gasteiger charge is 1.97. The van der Waals surface area contributed by atoms with E-state index in [1.165, 1.54) is 0 Å². The second kappa shape index (κ2) is 4.87. The van der Waals surface area contributed by atoms with E-state index in [0.29, 0.717) is 0 Å². The summed E-state index contributed by atoms with van der Waals surface area (Å²) in [6, 6.07) is 6.11. The topological polar surface area (TPSA) is 12.0 Å². The van der Waals surface area contributed by atoms with Gasteiger partial charge in [0.05, 0.1) is 0 Å². The molecule has 0 spiro atoms. The smallest absolute Gasteiger partial charge is 0.0495 e. The van der Waals surface area contributed by atoms with Gasteiger partial charge in [0.25, 0.3) is 0 Å². The van der Waals surface area contributed by atoms with E-state index < -0.39 is 0 Å². The number of benzene rings is 1. The van der Waals surface area contributed by atoms with Crippen LogP contribution >= 0.6 is 31.9 Å². The molecule has 0 fully saturated rings. The normalized spacial score (nSPS) is 9.92. The lowest BCUT2D eigenvalue weighted by Crippen LogP contribution is -1.99. The Labute approximate surface area is 89.8 Å². The van der Waals surface area contributed by atoms with E-state index in [9.17, 15) is 0 Å². The third-order valence-electron chi connectivity index (χ3n) is 1.49. The molecule has 12 heavy (non-hydrogen) atoms. The summed E-state index contributed by atoms with van der Waals surface area (Å²) in [7, 11) is 0. The Bertz CT molecular complexity index is 261. The number of anilines is 1. The monoisotopic (exact) mass is 291 g/mol. The summed E-state index contributed by atoms with van der Waals surface area (Å²) in [5.41, 5.74) is 1.14. The van der Waals surface area contributed by atoms with Crippen molar-refractivity contribution in [2.75, 3.05) is 11.9 Å². The molecule has 0 amide bonds. The van der Waals surface area contributed by atoms with Crippen molar-refractivity contribution < 1.29 is 0 Å². The Hall–Kier alpha value is -0.0200. The van der Waals surface area contributed by atoms with E-state index in [4.69, 9.17) is 0 Å². The average molecular weight is 293 g/mol. The first-order valence-corrected chi connectivity index (χ1v) is 5.51. The van der Waals surface area contributed by atoms with Gasteiger partial charge in [-0.1, -0.05) is 22.9 Å². The molecule has 0 bridgehead atoms. The maximum atomic E-state index is 3.48. The van der Waals surface area contributed by atoms with Gasteiger partial charge in [-0.15, -0.1) is 0 Å². The summed E-state index contributed by atoms with van der Waals surface area (Å²) in [4.78, 5) is 0. The minimum atomic E-state index is 1.01. The largest absolute Gasteiger partial charge is 0.384 e. The van der Waals surface area contributed by atoms with Crippen LogP contribution in [0.3, 0.4) is 0 Å². The summed E-state index contributed by atoms with van der Waals surface area (Å²) in [5, 5.41) is 3.33. The van der Waals surface area contributed by atoms with Crippen molar-refractivity contribution >= 4 is 37.5 Å². The van der Waals surface area contributed by atoms with Gasteiger partial charge in [-0.3, -0.25) is 0 Å². The molecule has 1 rings (SSSR count). The number of hydrogen-bond donors (Lipinski definition) is 1. The number of rotatable bonds is 3. The first-order valence-electron chi connectivity index (χ1n) is 3.93. The molecule has 0 aliphatic heterocycles. The molecular formula is C9H11Br2N. The highest BCUT2D eigenvalue weighted by Crippen LogP contribution is 2.25. The van der Waals surface area contributed by atoms with E-state index in [1.807, 2.05) is 12.1 Å². The summed E-state index contributed by atoms with van der Waals surface area (Å²) >= 11 is 6.90. The van der Waals surface area contributed by atoms with Gasteiger partial charge < -0.3 is 5.32 Å². The Balaban J connectivity index is 2.75. The van der Waals surface area contributed by atoms with Crippen LogP contribution in [-0.2, 0) is 0 Å². The van der Waals surface area contributed by atoms with Crippen LogP contribution in [0.25, 0.3) is 0 Å². The van der Waals surface area contributed by atoms with Gasteiger partial charge in [-0.25, -0.2) is 0 Å². The molecule has 0 heterocycles. The van der Waals surface area contributed by atoms with Crippen LogP contribution in [0.5, 0.6) is 0 Å². The van der Waals surface area contributed by atoms with Gasteiger partial charge in [0.15, 0.2) is 0 Å². The second-order valence-electron chi connectivity index (χ2n) is 2.55. The predicted octanol–water partition coefficient (Wildman–Crippen LogP) is 4.03. The Morgan fingerprint density at radius 3 is 2.75 bits per heavy atom. The van der Waals surface area contributed by atoms with Gasteiger partial charge in [0, 0.05) is 21.2 Å². The summed E-state index contributed by atoms with van der Waals surface area (Å²) in [6.07, 6.45) is 1.14. The second-order valence-corrected chi connectivity index (χ2v) is 4.32. The van der Waals surface area contributed by atoms with Crippen LogP contribution in [0.2, 0.25) is 0 Å². The lowest BCUT2D eigenvalue weighted by molar-refractivity contribution is 0.978. The SMILES string of the molecule is CCCNc1cc(Br)ccc1Br. The number of hydrogen-bond acceptors (Lipinski definition) is 1. The van der Waals surface area contributed by atoms with Crippen LogP contribution in [0.1, 0.15) is 13.3 Å². The van der Waals surface area contributed by atoms with Crippen molar-refractivity contribution in [2.45, 2.75) is 13.3 Å². The molecule has 66 valence electrons. The molecule has 0 atom stereocenters. The molecule has 0 saturated heterocycles. The zero-order chi connectivity index (χ0) is 8.97. The van der Waals surface area contributed by atoms with Crippen molar-refractivity contribution in [3.8, 4) is 0 Å². The predicted molar refractivity (Wildman–Crippen MR) is 60.6 cm³/mol. The van der Waals surface area contributed by atoms with Crippen molar-refractivity contribution in [2.24, 2.45) is 0 Å². The van der Waals surface area contributed by atoms with Crippen LogP contribution in [-0.4, -0.2) is 6.54 Å². The van der Waals surface area contributed by atoms with Gasteiger partial charge in [-0.05, 0) is 40.5 Å². The summed E-state index contributed by atoms with van der Waals surface area (Å²) in [5.74, 6) is 0. The van der Waals surface area contributed by atoms with Crippen LogP contribution in [0.4, 0.5) is 5.69 Å². The molecule has 0 saturated carbocycles. The van der Waals surface area contributed by atoms with Gasteiger partial charge in [0.2, 0.25) is 0 Å². The number of nitrogens with one attached hydrogen (secondary N) is 1. The number of halogens is 2. The molecule has 1 aromatic carbocycles. The zero-order valence-corrected chi connectivity index (χ0v) is 10.1. The molecule has 0 aliphatic carbocycles. The molecule has 0 aliphatic rings. The molecule has 0 radical (unpaired) electrons. The van der Waals surface area contributed by atoms with Crippen LogP contribution < -0.4 is 5.32 Å². The van der Waals surface area contributed by atoms with Crippen molar-refractivity contribution in [3.63, 3.8) is 0 Å². The maximum Gasteiger partial charge on any atom is 0.0495 e. The third kappa shape index (κ3) is 2.79. The standard InChI is InChI=1S/C9H11Br2N/c1-2-5-12-9-6-7(10)3-4-8(9)11/h3-4,6,12H,2,5H2,1H3. The van der Waals surface area contributed by atoms with Crippen molar-refractivity contribution in [3.05, 3.63) is 27.1 Å². The van der Waals surface area contributed by atoms with E-state index in [2.05, 4.69) is 50.2 Å². The highest BCUT2D eigenvalue weighted by atomic mass is 79.9. The summed E-state index contributed by atoms with van der Waals surface area (Å²) < 4.78 is 2.21. The lowest BCUT2D eigenvalue weighted by Gasteiger charge is -2.06. The molecular weight excluding hydrogens is 282 g/mol. The molecule has 0 unspecified atom stereocenters. The fourth-order valence-corrected chi connectivity index (χ4v) is 1.64. The van der Waals surface area contributed by atoms with E-state index in [0.717, 1.165) is 27.6 Å². The van der Waals surface area contributed by atoms with Crippen molar-refractivity contribution in [1.82, 2.24) is 0 Å². The maximum absolute atomic E-state index is 3.48. The molecule has 1 N–H and O–H groups in total. The van der Waals surface area contributed by atoms with Gasteiger partial charge >= 0.3 is 0 Å². The molecule has 1 nitrogen and oxygen atoms in total. The van der Waals surface area contributed by atoms with Crippen molar-refractivity contribution in [1.29, 1.82) is 0 Å². The van der Waals surface area contributed by atoms with Crippen LogP contribution in [0, 0.1) is 0 Å². The lowest BCUT2D eigenvalue weighted by atomic mass is 10.3. The molecule has 1 aromatic rings. The van der Waals surface area contributed by atoms with Gasteiger partial charge in [-0.2, -0.15) is 0 Å². The minimum Gasteiger partial charge on any atom is -0.384 e. The highest BCUT2D eigenvalue weighted by molar-refractivity contribution is 9.11. The van der Waals surface area contributed by atoms with Crippen LogP contribution in [0.15, 0.2) is 27.1 Å². The fourth-order valence-electron chi connectivity index (χ4n) is 0.893. The Morgan fingerprint density at radius 1 is 1.33 bits per heavy atom. The van der Waals surface area contributed by atoms with Gasteiger partial charge in [0.1, 0.15) is 0 Å². The quantitative estimate of drug-likeness (QED) is 0.887. The molecule has 0 aromatic heterocycles. The van der Waals surface area contributed by atoms with E-state index in [-0.39, 0.29) is 0 Å². The third-order valence-corrected chi connectivity index (χ3v) is 2.68. The Morgan fingerprint density at radius 2 is 2.08 bits per heavy atom. The average Bonchev–Trinajstić information content (AvgIpc) is 2.07. The fraction of sp³-hybridized carbons (Fsp3) is 0.333. The van der Waals surface area contributed by atoms with E-state index in [1.54, 1.807) is 0 Å². The first kappa shape index (κ1) is 10.1. The minimum absolute atomic E-state index is 1.01. The van der Waals surface area contributed by atoms with E-state index >= 15 is 0 Å². The summed E-state index contributed by atoms with van der Waals surface area (Å²) in [6.45, 7) is 3.16. The molecule has 3 heteroatoms.